The van der Waals surface area contributed by atoms with Crippen molar-refractivity contribution in [2.24, 2.45) is 11.3 Å². The van der Waals surface area contributed by atoms with Crippen molar-refractivity contribution in [3.63, 3.8) is 0 Å². The van der Waals surface area contributed by atoms with Crippen molar-refractivity contribution < 1.29 is 9.53 Å². The summed E-state index contributed by atoms with van der Waals surface area (Å²) in [6.45, 7) is 11.7. The molecule has 0 spiro atoms. The molecule has 2 rings (SSSR count). The molecule has 2 heteroatoms. The third-order valence-electron chi connectivity index (χ3n) is 4.30. The molecule has 0 aromatic heterocycles. The van der Waals surface area contributed by atoms with Gasteiger partial charge >= 0.3 is 0 Å². The Labute approximate surface area is 127 Å². The smallest absolute Gasteiger partial charge is 0.139 e. The maximum absolute atomic E-state index is 11.8. The van der Waals surface area contributed by atoms with E-state index in [-0.39, 0.29) is 17.8 Å². The van der Waals surface area contributed by atoms with Crippen LogP contribution in [0.4, 0.5) is 0 Å². The Kier molecular flexibility index (Phi) is 4.36. The number of hydrogen-bond donors (Lipinski definition) is 0. The van der Waals surface area contributed by atoms with E-state index in [1.807, 2.05) is 32.1 Å². The predicted octanol–water partition coefficient (Wildman–Crippen LogP) is 4.52. The average molecular weight is 284 g/mol. The molecule has 3 unspecified atom stereocenters. The van der Waals surface area contributed by atoms with Gasteiger partial charge in [-0.2, -0.15) is 0 Å². The number of allylic oxidation sites excluding steroid dienone is 7. The highest BCUT2D eigenvalue weighted by atomic mass is 16.5. The minimum absolute atomic E-state index is 0.0158. The first-order valence-corrected chi connectivity index (χ1v) is 7.44. The van der Waals surface area contributed by atoms with E-state index >= 15 is 0 Å². The second-order valence-electron chi connectivity index (χ2n) is 6.35. The number of ketones is 1. The monoisotopic (exact) mass is 284 g/mol. The Hall–Kier alpha value is -1.83. The molecule has 0 amide bonds. The van der Waals surface area contributed by atoms with Crippen molar-refractivity contribution >= 4 is 5.78 Å². The molecule has 0 aromatic carbocycles. The standard InChI is InChI=1S/C19H24O2/c1-13(2)16-8-9-18(14(3)11-16)21-17-7-6-10-19(5,12-17)15(4)20/h6-11,14,18H,1,12H2,2-5H3. The predicted molar refractivity (Wildman–Crippen MR) is 86.7 cm³/mol. The van der Waals surface area contributed by atoms with E-state index in [1.54, 1.807) is 6.92 Å². The third-order valence-corrected chi connectivity index (χ3v) is 4.30. The Morgan fingerprint density at radius 3 is 2.71 bits per heavy atom. The van der Waals surface area contributed by atoms with Crippen LogP contribution in [0.25, 0.3) is 0 Å². The highest BCUT2D eigenvalue weighted by Crippen LogP contribution is 2.34. The fourth-order valence-electron chi connectivity index (χ4n) is 2.58. The van der Waals surface area contributed by atoms with Crippen molar-refractivity contribution in [1.82, 2.24) is 0 Å². The number of carbonyl (C=O) groups excluding carboxylic acids is 1. The number of Topliss-reactive ketones (excluding diaryl/α,β-unsaturated/α-hetero) is 1. The van der Waals surface area contributed by atoms with Crippen LogP contribution in [0.2, 0.25) is 0 Å². The molecule has 3 atom stereocenters. The molecule has 0 fully saturated rings. The summed E-state index contributed by atoms with van der Waals surface area (Å²) in [5, 5.41) is 0. The normalized spacial score (nSPS) is 31.4. The Morgan fingerprint density at radius 2 is 2.14 bits per heavy atom. The van der Waals surface area contributed by atoms with Crippen molar-refractivity contribution in [3.05, 3.63) is 59.9 Å². The summed E-state index contributed by atoms with van der Waals surface area (Å²) in [6.07, 6.45) is 12.8. The van der Waals surface area contributed by atoms with Crippen LogP contribution in [-0.2, 0) is 9.53 Å². The fourth-order valence-corrected chi connectivity index (χ4v) is 2.58. The Bertz CT molecular complexity index is 574. The van der Waals surface area contributed by atoms with Crippen molar-refractivity contribution in [3.8, 4) is 0 Å². The summed E-state index contributed by atoms with van der Waals surface area (Å²) < 4.78 is 6.11. The Balaban J connectivity index is 2.06. The van der Waals surface area contributed by atoms with Gasteiger partial charge in [0, 0.05) is 12.3 Å². The molecule has 2 nitrogen and oxygen atoms in total. The minimum Gasteiger partial charge on any atom is -0.490 e. The SMILES string of the molecule is C=C(C)C1=CC(C)C(OC2=CC=CC(C)(C(C)=O)C2)C=C1. The van der Waals surface area contributed by atoms with E-state index in [0.29, 0.717) is 6.42 Å². The molecular weight excluding hydrogens is 260 g/mol. The van der Waals surface area contributed by atoms with Crippen LogP contribution in [-0.4, -0.2) is 11.9 Å². The fraction of sp³-hybridized carbons (Fsp3) is 0.421. The lowest BCUT2D eigenvalue weighted by Gasteiger charge is -2.31. The highest BCUT2D eigenvalue weighted by molar-refractivity contribution is 5.84. The number of rotatable bonds is 4. The van der Waals surface area contributed by atoms with E-state index < -0.39 is 5.41 Å². The molecule has 0 heterocycles. The van der Waals surface area contributed by atoms with Crippen LogP contribution in [0.1, 0.15) is 34.1 Å². The van der Waals surface area contributed by atoms with Gasteiger partial charge < -0.3 is 4.74 Å². The van der Waals surface area contributed by atoms with Crippen molar-refractivity contribution in [1.29, 1.82) is 0 Å². The summed E-state index contributed by atoms with van der Waals surface area (Å²) in [5.74, 6) is 1.34. The summed E-state index contributed by atoms with van der Waals surface area (Å²) in [5.41, 5.74) is 1.80. The first-order valence-electron chi connectivity index (χ1n) is 7.44. The second-order valence-corrected chi connectivity index (χ2v) is 6.35. The van der Waals surface area contributed by atoms with Gasteiger partial charge in [-0.1, -0.05) is 43.4 Å². The zero-order valence-corrected chi connectivity index (χ0v) is 13.3. The van der Waals surface area contributed by atoms with Gasteiger partial charge in [0.25, 0.3) is 0 Å². The molecule has 0 N–H and O–H groups in total. The molecule has 0 saturated heterocycles. The largest absolute Gasteiger partial charge is 0.490 e. The molecule has 112 valence electrons. The maximum Gasteiger partial charge on any atom is 0.139 e. The zero-order chi connectivity index (χ0) is 15.6. The molecule has 0 saturated carbocycles. The van der Waals surface area contributed by atoms with Crippen molar-refractivity contribution in [2.45, 2.75) is 40.2 Å². The van der Waals surface area contributed by atoms with E-state index in [1.165, 1.54) is 5.57 Å². The van der Waals surface area contributed by atoms with Gasteiger partial charge in [0.15, 0.2) is 0 Å². The maximum atomic E-state index is 11.8. The van der Waals surface area contributed by atoms with Gasteiger partial charge in [0.2, 0.25) is 0 Å². The van der Waals surface area contributed by atoms with Gasteiger partial charge in [-0.3, -0.25) is 4.79 Å². The van der Waals surface area contributed by atoms with Gasteiger partial charge in [-0.25, -0.2) is 0 Å². The number of carbonyl (C=O) groups is 1. The molecule has 2 aliphatic carbocycles. The molecule has 0 aliphatic heterocycles. The summed E-state index contributed by atoms with van der Waals surface area (Å²) in [7, 11) is 0. The van der Waals surface area contributed by atoms with E-state index in [4.69, 9.17) is 4.74 Å². The quantitative estimate of drug-likeness (QED) is 0.758. The van der Waals surface area contributed by atoms with Crippen LogP contribution in [0.5, 0.6) is 0 Å². The Morgan fingerprint density at radius 1 is 1.43 bits per heavy atom. The van der Waals surface area contributed by atoms with Crippen LogP contribution < -0.4 is 0 Å². The van der Waals surface area contributed by atoms with Crippen LogP contribution >= 0.6 is 0 Å². The molecule has 0 aromatic rings. The first kappa shape index (κ1) is 15.6. The second kappa shape index (κ2) is 5.88. The van der Waals surface area contributed by atoms with Gasteiger partial charge in [0.05, 0.1) is 11.2 Å². The lowest BCUT2D eigenvalue weighted by molar-refractivity contribution is -0.123. The van der Waals surface area contributed by atoms with E-state index in [2.05, 4.69) is 31.7 Å². The summed E-state index contributed by atoms with van der Waals surface area (Å²) >= 11 is 0. The highest BCUT2D eigenvalue weighted by Gasteiger charge is 2.31. The molecule has 21 heavy (non-hydrogen) atoms. The average Bonchev–Trinajstić information content (AvgIpc) is 2.41. The van der Waals surface area contributed by atoms with Gasteiger partial charge in [-0.15, -0.1) is 0 Å². The van der Waals surface area contributed by atoms with Crippen molar-refractivity contribution in [2.75, 3.05) is 0 Å². The first-order chi connectivity index (χ1) is 9.82. The summed E-state index contributed by atoms with van der Waals surface area (Å²) in [4.78, 5) is 11.8. The van der Waals surface area contributed by atoms with E-state index in [0.717, 1.165) is 11.3 Å². The van der Waals surface area contributed by atoms with Gasteiger partial charge in [0.1, 0.15) is 11.9 Å². The molecular formula is C19H24O2. The van der Waals surface area contributed by atoms with Gasteiger partial charge in [-0.05, 0) is 38.5 Å². The lowest BCUT2D eigenvalue weighted by Crippen LogP contribution is -2.28. The van der Waals surface area contributed by atoms with E-state index in [9.17, 15) is 4.79 Å². The molecule has 2 aliphatic rings. The van der Waals surface area contributed by atoms with Crippen LogP contribution in [0, 0.1) is 11.3 Å². The summed E-state index contributed by atoms with van der Waals surface area (Å²) in [6, 6.07) is 0. The minimum atomic E-state index is -0.440. The molecule has 0 radical (unpaired) electrons. The lowest BCUT2D eigenvalue weighted by atomic mass is 9.79. The number of ether oxygens (including phenoxy) is 1. The molecule has 0 bridgehead atoms. The third kappa shape index (κ3) is 3.44. The van der Waals surface area contributed by atoms with Crippen LogP contribution in [0.15, 0.2) is 59.9 Å². The zero-order valence-electron chi connectivity index (χ0n) is 13.3. The van der Waals surface area contributed by atoms with Crippen LogP contribution in [0.3, 0.4) is 0 Å². The number of hydrogen-bond acceptors (Lipinski definition) is 2. The topological polar surface area (TPSA) is 26.3 Å².